The highest BCUT2D eigenvalue weighted by atomic mass is 79.9. The van der Waals surface area contributed by atoms with Gasteiger partial charge in [-0.05, 0) is 28.1 Å². The Hall–Kier alpha value is -1.94. The van der Waals surface area contributed by atoms with Crippen molar-refractivity contribution in [3.05, 3.63) is 58.8 Å². The Morgan fingerprint density at radius 1 is 1.11 bits per heavy atom. The van der Waals surface area contributed by atoms with Crippen molar-refractivity contribution in [3.63, 3.8) is 0 Å². The Morgan fingerprint density at radius 3 is 2.61 bits per heavy atom. The lowest BCUT2D eigenvalue weighted by atomic mass is 10.1. The molecule has 0 radical (unpaired) electrons. The first-order valence-electron chi connectivity index (χ1n) is 5.48. The standard InChI is InChI=1S/C14H9BrN2O/c15-11-6-7-13-16-14(10-4-2-1-3-5-10)12(9-18)17(13)8-11/h1-9H. The van der Waals surface area contributed by atoms with Crippen LogP contribution in [0, 0.1) is 0 Å². The first kappa shape index (κ1) is 11.2. The predicted molar refractivity (Wildman–Crippen MR) is 73.7 cm³/mol. The van der Waals surface area contributed by atoms with E-state index in [0.29, 0.717) is 11.4 Å². The minimum atomic E-state index is 0.567. The molecular weight excluding hydrogens is 292 g/mol. The van der Waals surface area contributed by atoms with E-state index >= 15 is 0 Å². The highest BCUT2D eigenvalue weighted by Gasteiger charge is 2.12. The molecule has 0 atom stereocenters. The van der Waals surface area contributed by atoms with E-state index in [2.05, 4.69) is 20.9 Å². The van der Waals surface area contributed by atoms with Crippen molar-refractivity contribution in [1.29, 1.82) is 0 Å². The third kappa shape index (κ3) is 1.75. The van der Waals surface area contributed by atoms with E-state index in [1.807, 2.05) is 48.7 Å². The highest BCUT2D eigenvalue weighted by molar-refractivity contribution is 9.10. The maximum atomic E-state index is 11.3. The summed E-state index contributed by atoms with van der Waals surface area (Å²) in [6.45, 7) is 0. The fourth-order valence-electron chi connectivity index (χ4n) is 1.96. The van der Waals surface area contributed by atoms with Gasteiger partial charge >= 0.3 is 0 Å². The van der Waals surface area contributed by atoms with Crippen LogP contribution in [0.4, 0.5) is 0 Å². The van der Waals surface area contributed by atoms with Crippen LogP contribution in [-0.2, 0) is 0 Å². The molecular formula is C14H9BrN2O. The predicted octanol–water partition coefficient (Wildman–Crippen LogP) is 3.58. The third-order valence-electron chi connectivity index (χ3n) is 2.78. The van der Waals surface area contributed by atoms with Crippen molar-refractivity contribution in [2.75, 3.05) is 0 Å². The summed E-state index contributed by atoms with van der Waals surface area (Å²) in [5, 5.41) is 0. The van der Waals surface area contributed by atoms with Gasteiger partial charge in [-0.25, -0.2) is 4.98 Å². The number of hydrogen-bond acceptors (Lipinski definition) is 2. The normalized spacial score (nSPS) is 10.7. The van der Waals surface area contributed by atoms with Gasteiger partial charge < -0.3 is 0 Å². The molecule has 2 aromatic heterocycles. The lowest BCUT2D eigenvalue weighted by molar-refractivity contribution is 0.111. The zero-order chi connectivity index (χ0) is 12.5. The van der Waals surface area contributed by atoms with Crippen molar-refractivity contribution in [2.24, 2.45) is 0 Å². The van der Waals surface area contributed by atoms with Crippen molar-refractivity contribution < 1.29 is 4.79 Å². The minimum absolute atomic E-state index is 0.567. The Labute approximate surface area is 112 Å². The van der Waals surface area contributed by atoms with E-state index in [4.69, 9.17) is 0 Å². The zero-order valence-corrected chi connectivity index (χ0v) is 11.0. The van der Waals surface area contributed by atoms with Crippen LogP contribution in [0.25, 0.3) is 16.9 Å². The van der Waals surface area contributed by atoms with Gasteiger partial charge in [0, 0.05) is 16.2 Å². The number of hydrogen-bond donors (Lipinski definition) is 0. The maximum absolute atomic E-state index is 11.3. The van der Waals surface area contributed by atoms with Gasteiger partial charge in [0.1, 0.15) is 17.0 Å². The smallest absolute Gasteiger partial charge is 0.169 e. The van der Waals surface area contributed by atoms with Crippen LogP contribution in [0.15, 0.2) is 53.1 Å². The number of nitrogens with zero attached hydrogens (tertiary/aromatic N) is 2. The van der Waals surface area contributed by atoms with Crippen LogP contribution in [-0.4, -0.2) is 15.7 Å². The van der Waals surface area contributed by atoms with Crippen LogP contribution in [0.2, 0.25) is 0 Å². The van der Waals surface area contributed by atoms with E-state index < -0.39 is 0 Å². The number of fused-ring (bicyclic) bond motifs is 1. The number of carbonyl (C=O) groups excluding carboxylic acids is 1. The van der Waals surface area contributed by atoms with Gasteiger partial charge in [0.05, 0.1) is 0 Å². The zero-order valence-electron chi connectivity index (χ0n) is 9.38. The number of rotatable bonds is 2. The molecule has 3 rings (SSSR count). The van der Waals surface area contributed by atoms with Gasteiger partial charge in [0.15, 0.2) is 6.29 Å². The average Bonchev–Trinajstić information content (AvgIpc) is 2.77. The topological polar surface area (TPSA) is 34.4 Å². The highest BCUT2D eigenvalue weighted by Crippen LogP contribution is 2.24. The van der Waals surface area contributed by atoms with E-state index in [-0.39, 0.29) is 0 Å². The van der Waals surface area contributed by atoms with E-state index in [9.17, 15) is 4.79 Å². The molecule has 18 heavy (non-hydrogen) atoms. The number of aldehydes is 1. The minimum Gasteiger partial charge on any atom is -0.296 e. The summed E-state index contributed by atoms with van der Waals surface area (Å²) < 4.78 is 2.70. The Balaban J connectivity index is 2.33. The molecule has 0 aliphatic rings. The second kappa shape index (κ2) is 4.38. The summed E-state index contributed by atoms with van der Waals surface area (Å²) in [4.78, 5) is 15.8. The first-order valence-corrected chi connectivity index (χ1v) is 6.27. The first-order chi connectivity index (χ1) is 8.79. The molecule has 0 amide bonds. The van der Waals surface area contributed by atoms with Gasteiger partial charge in [-0.2, -0.15) is 0 Å². The quantitative estimate of drug-likeness (QED) is 0.678. The molecule has 0 saturated heterocycles. The number of pyridine rings is 1. The molecule has 88 valence electrons. The molecule has 0 fully saturated rings. The van der Waals surface area contributed by atoms with Crippen LogP contribution < -0.4 is 0 Å². The molecule has 2 heterocycles. The fraction of sp³-hybridized carbons (Fsp3) is 0. The van der Waals surface area contributed by atoms with Crippen molar-refractivity contribution in [3.8, 4) is 11.3 Å². The molecule has 1 aromatic carbocycles. The van der Waals surface area contributed by atoms with Crippen molar-refractivity contribution in [1.82, 2.24) is 9.38 Å². The second-order valence-corrected chi connectivity index (χ2v) is 4.82. The monoisotopic (exact) mass is 300 g/mol. The summed E-state index contributed by atoms with van der Waals surface area (Å²) in [6, 6.07) is 13.5. The summed E-state index contributed by atoms with van der Waals surface area (Å²) in [7, 11) is 0. The maximum Gasteiger partial charge on any atom is 0.169 e. The van der Waals surface area contributed by atoms with Crippen LogP contribution in [0.5, 0.6) is 0 Å². The number of carbonyl (C=O) groups is 1. The van der Waals surface area contributed by atoms with Gasteiger partial charge in [-0.3, -0.25) is 9.20 Å². The molecule has 3 nitrogen and oxygen atoms in total. The molecule has 0 bridgehead atoms. The van der Waals surface area contributed by atoms with Crippen molar-refractivity contribution in [2.45, 2.75) is 0 Å². The van der Waals surface area contributed by atoms with E-state index in [0.717, 1.165) is 22.0 Å². The molecule has 3 aromatic rings. The van der Waals surface area contributed by atoms with Crippen LogP contribution in [0.3, 0.4) is 0 Å². The van der Waals surface area contributed by atoms with Crippen molar-refractivity contribution >= 4 is 27.9 Å². The number of aromatic nitrogens is 2. The Morgan fingerprint density at radius 2 is 1.89 bits per heavy atom. The third-order valence-corrected chi connectivity index (χ3v) is 3.25. The number of halogens is 1. The van der Waals surface area contributed by atoms with E-state index in [1.54, 1.807) is 4.40 Å². The Bertz CT molecular complexity index is 719. The summed E-state index contributed by atoms with van der Waals surface area (Å²) in [5.74, 6) is 0. The summed E-state index contributed by atoms with van der Waals surface area (Å²) in [5.41, 5.74) is 2.99. The summed E-state index contributed by atoms with van der Waals surface area (Å²) >= 11 is 3.40. The average molecular weight is 301 g/mol. The van der Waals surface area contributed by atoms with Crippen LogP contribution in [0.1, 0.15) is 10.5 Å². The lowest BCUT2D eigenvalue weighted by Crippen LogP contribution is -1.92. The SMILES string of the molecule is O=Cc1c(-c2ccccc2)nc2ccc(Br)cn12. The second-order valence-electron chi connectivity index (χ2n) is 3.91. The lowest BCUT2D eigenvalue weighted by Gasteiger charge is -1.98. The van der Waals surface area contributed by atoms with Gasteiger partial charge in [0.2, 0.25) is 0 Å². The number of benzene rings is 1. The van der Waals surface area contributed by atoms with E-state index in [1.165, 1.54) is 0 Å². The number of imidazole rings is 1. The van der Waals surface area contributed by atoms with Crippen LogP contribution >= 0.6 is 15.9 Å². The molecule has 0 aliphatic heterocycles. The van der Waals surface area contributed by atoms with Gasteiger partial charge in [0.25, 0.3) is 0 Å². The largest absolute Gasteiger partial charge is 0.296 e. The Kier molecular flexibility index (Phi) is 2.72. The molecule has 0 aliphatic carbocycles. The summed E-state index contributed by atoms with van der Waals surface area (Å²) in [6.07, 6.45) is 2.69. The molecule has 0 N–H and O–H groups in total. The van der Waals surface area contributed by atoms with Gasteiger partial charge in [-0.1, -0.05) is 30.3 Å². The van der Waals surface area contributed by atoms with Gasteiger partial charge in [-0.15, -0.1) is 0 Å². The molecule has 4 heteroatoms. The molecule has 0 saturated carbocycles. The fourth-order valence-corrected chi connectivity index (χ4v) is 2.29. The molecule has 0 spiro atoms. The molecule has 0 unspecified atom stereocenters.